The van der Waals surface area contributed by atoms with Crippen LogP contribution in [0.2, 0.25) is 0 Å². The van der Waals surface area contributed by atoms with Crippen molar-refractivity contribution in [1.82, 2.24) is 9.13 Å². The van der Waals surface area contributed by atoms with Crippen molar-refractivity contribution in [1.29, 1.82) is 0 Å². The number of hydrogen-bond donors (Lipinski definition) is 1. The van der Waals surface area contributed by atoms with E-state index in [1.165, 1.54) is 98.0 Å². The van der Waals surface area contributed by atoms with Crippen molar-refractivity contribution < 1.29 is 5.32 Å². The first-order valence-corrected chi connectivity index (χ1v) is 21.7. The Labute approximate surface area is 345 Å². The first kappa shape index (κ1) is 33.2. The van der Waals surface area contributed by atoms with E-state index in [9.17, 15) is 0 Å². The quantitative estimate of drug-likeness (QED) is 0.185. The molecule has 1 aliphatic heterocycles. The highest BCUT2D eigenvalue weighted by Gasteiger charge is 2.34. The number of thiophene rings is 1. The highest BCUT2D eigenvalue weighted by atomic mass is 32.1. The van der Waals surface area contributed by atoms with E-state index < -0.39 is 0 Å². The van der Waals surface area contributed by atoms with Gasteiger partial charge in [0.2, 0.25) is 5.84 Å². The molecule has 3 aliphatic rings. The molecule has 0 amide bonds. The van der Waals surface area contributed by atoms with Crippen LogP contribution >= 0.6 is 11.3 Å². The lowest BCUT2D eigenvalue weighted by molar-refractivity contribution is -0.577. The van der Waals surface area contributed by atoms with Crippen molar-refractivity contribution in [3.63, 3.8) is 0 Å². The van der Waals surface area contributed by atoms with Crippen LogP contribution in [-0.2, 0) is 6.42 Å². The van der Waals surface area contributed by atoms with Crippen LogP contribution in [0.4, 0.5) is 5.00 Å². The van der Waals surface area contributed by atoms with Gasteiger partial charge < -0.3 is 9.13 Å². The predicted molar refractivity (Wildman–Crippen MR) is 250 cm³/mol. The molecule has 59 heavy (non-hydrogen) atoms. The molecule has 3 aromatic heterocycles. The smallest absolute Gasteiger partial charge is 0.234 e. The van der Waals surface area contributed by atoms with Crippen molar-refractivity contribution in [2.24, 2.45) is 4.99 Å². The molecule has 4 nitrogen and oxygen atoms in total. The number of hydrogen-bond acceptors (Lipinski definition) is 2. The van der Waals surface area contributed by atoms with Gasteiger partial charge in [-0.3, -0.25) is 5.32 Å². The summed E-state index contributed by atoms with van der Waals surface area (Å²) >= 11 is 1.82. The standard InChI is InChI=1S/C54H38N4S/c1-2-16-37(17-3-1)57-46-22-9-6-18-40(46)44-31-36(25-28-48(44)57)52-51-43-20-8-11-24-50(43)59-54(51)56-53(55-52)42-21-12-15-35-29-38(26-27-39(35)42)58-47-23-10-7-19-41(47)45-30-33-13-4-5-14-34(33)32-49(45)58/h1-2,4-5,7-16,19-32,52H,3,6,17-18H2,(H,55,56)/p+1. The van der Waals surface area contributed by atoms with Crippen LogP contribution < -0.4 is 5.32 Å². The summed E-state index contributed by atoms with van der Waals surface area (Å²) in [5.41, 5.74) is 12.9. The molecule has 0 saturated heterocycles. The topological polar surface area (TPSA) is 38.8 Å². The number of allylic oxidation sites excluding steroid dienone is 5. The molecule has 4 heterocycles. The minimum Gasteiger partial charge on any atom is -0.313 e. The molecule has 0 fully saturated rings. The summed E-state index contributed by atoms with van der Waals surface area (Å²) in [5, 5.41) is 13.7. The molecule has 7 aromatic carbocycles. The van der Waals surface area contributed by atoms with E-state index in [0.29, 0.717) is 0 Å². The number of para-hydroxylation sites is 1. The molecule has 13 rings (SSSR count). The van der Waals surface area contributed by atoms with Crippen molar-refractivity contribution >= 4 is 98.3 Å². The second kappa shape index (κ2) is 12.9. The van der Waals surface area contributed by atoms with E-state index in [1.54, 1.807) is 0 Å². The molecule has 5 heteroatoms. The number of aryl methyl sites for hydroxylation is 1. The van der Waals surface area contributed by atoms with Gasteiger partial charge in [0.15, 0.2) is 0 Å². The molecular weight excluding hydrogens is 737 g/mol. The molecule has 0 spiro atoms. The zero-order valence-electron chi connectivity index (χ0n) is 32.4. The SMILES string of the molecule is C1=CCCC(n2c3c(c4cc(C5[NH2+]C(c6cccc7cc(-n8c9ccccc9c9cc%10ccccc%10cc98)ccc67)=Nc6sc7ccccc7c65)ccc42)CCC=C3)=C1. The summed E-state index contributed by atoms with van der Waals surface area (Å²) in [6.45, 7) is 0. The number of amidine groups is 1. The third-order valence-electron chi connectivity index (χ3n) is 13.0. The lowest BCUT2D eigenvalue weighted by atomic mass is 9.92. The van der Waals surface area contributed by atoms with Crippen molar-refractivity contribution in [3.05, 3.63) is 192 Å². The lowest BCUT2D eigenvalue weighted by Crippen LogP contribution is -2.90. The first-order valence-electron chi connectivity index (χ1n) is 20.9. The monoisotopic (exact) mass is 775 g/mol. The van der Waals surface area contributed by atoms with Gasteiger partial charge >= 0.3 is 0 Å². The van der Waals surface area contributed by atoms with Crippen molar-refractivity contribution in [3.8, 4) is 5.69 Å². The zero-order valence-corrected chi connectivity index (χ0v) is 33.2. The number of aliphatic imine (C=N–C) groups is 1. The Morgan fingerprint density at radius 2 is 1.41 bits per heavy atom. The minimum atomic E-state index is 0.0648. The number of aromatic nitrogens is 2. The second-order valence-electron chi connectivity index (χ2n) is 16.3. The Kier molecular flexibility index (Phi) is 7.24. The Balaban J connectivity index is 0.963. The Hall–Kier alpha value is -6.79. The molecule has 0 radical (unpaired) electrons. The normalized spacial score (nSPS) is 16.4. The Morgan fingerprint density at radius 1 is 0.593 bits per heavy atom. The Bertz CT molecular complexity index is 3550. The van der Waals surface area contributed by atoms with Crippen LogP contribution in [0.15, 0.2) is 169 Å². The third-order valence-corrected chi connectivity index (χ3v) is 14.1. The van der Waals surface area contributed by atoms with Crippen LogP contribution in [0.5, 0.6) is 0 Å². The molecule has 0 saturated carbocycles. The summed E-state index contributed by atoms with van der Waals surface area (Å²) < 4.78 is 6.25. The van der Waals surface area contributed by atoms with Gasteiger partial charge in [-0.1, -0.05) is 103 Å². The number of benzene rings is 7. The predicted octanol–water partition coefficient (Wildman–Crippen LogP) is 13.2. The highest BCUT2D eigenvalue weighted by molar-refractivity contribution is 7.22. The van der Waals surface area contributed by atoms with Gasteiger partial charge in [-0.15, -0.1) is 11.3 Å². The van der Waals surface area contributed by atoms with Crippen LogP contribution in [0, 0.1) is 0 Å². The molecule has 280 valence electrons. The fourth-order valence-electron chi connectivity index (χ4n) is 10.3. The van der Waals surface area contributed by atoms with E-state index in [-0.39, 0.29) is 6.04 Å². The molecule has 2 aliphatic carbocycles. The van der Waals surface area contributed by atoms with E-state index in [2.05, 4.69) is 184 Å². The van der Waals surface area contributed by atoms with Gasteiger partial charge in [-0.25, -0.2) is 0 Å². The number of rotatable bonds is 4. The summed E-state index contributed by atoms with van der Waals surface area (Å²) in [6, 6.07) is 52.1. The number of nitrogens with zero attached hydrogens (tertiary/aromatic N) is 3. The van der Waals surface area contributed by atoms with Gasteiger partial charge in [0.25, 0.3) is 0 Å². The summed E-state index contributed by atoms with van der Waals surface area (Å²) in [4.78, 5) is 5.51. The van der Waals surface area contributed by atoms with E-state index in [4.69, 9.17) is 4.99 Å². The zero-order chi connectivity index (χ0) is 38.6. The molecule has 10 aromatic rings. The maximum Gasteiger partial charge on any atom is 0.234 e. The molecule has 1 unspecified atom stereocenters. The minimum absolute atomic E-state index is 0.0648. The fraction of sp³-hybridized carbons (Fsp3) is 0.0926. The van der Waals surface area contributed by atoms with Crippen molar-refractivity contribution in [2.45, 2.75) is 31.7 Å². The fourth-order valence-corrected chi connectivity index (χ4v) is 11.5. The average Bonchev–Trinajstić information content (AvgIpc) is 3.95. The molecule has 1 atom stereocenters. The van der Waals surface area contributed by atoms with Crippen LogP contribution in [-0.4, -0.2) is 15.0 Å². The van der Waals surface area contributed by atoms with Crippen LogP contribution in [0.1, 0.15) is 53.3 Å². The van der Waals surface area contributed by atoms with Gasteiger partial charge in [-0.2, -0.15) is 4.99 Å². The van der Waals surface area contributed by atoms with Gasteiger partial charge in [-0.05, 0) is 120 Å². The van der Waals surface area contributed by atoms with E-state index in [0.717, 1.165) is 42.2 Å². The highest BCUT2D eigenvalue weighted by Crippen LogP contribution is 2.45. The molecular formula is C54H39N4S+. The Morgan fingerprint density at radius 3 is 2.32 bits per heavy atom. The van der Waals surface area contributed by atoms with E-state index >= 15 is 0 Å². The largest absolute Gasteiger partial charge is 0.313 e. The summed E-state index contributed by atoms with van der Waals surface area (Å²) in [6.07, 6.45) is 15.8. The lowest BCUT2D eigenvalue weighted by Gasteiger charge is -2.22. The summed E-state index contributed by atoms with van der Waals surface area (Å²) in [5.74, 6) is 1.04. The first-order chi connectivity index (χ1) is 29.2. The van der Waals surface area contributed by atoms with Gasteiger partial charge in [0.1, 0.15) is 11.0 Å². The maximum absolute atomic E-state index is 5.51. The second-order valence-corrected chi connectivity index (χ2v) is 17.3. The molecule has 2 N–H and O–H groups in total. The summed E-state index contributed by atoms with van der Waals surface area (Å²) in [7, 11) is 0. The number of nitrogens with two attached hydrogens (primary N) is 1. The van der Waals surface area contributed by atoms with Crippen LogP contribution in [0.3, 0.4) is 0 Å². The van der Waals surface area contributed by atoms with E-state index in [1.807, 2.05) is 11.3 Å². The third kappa shape index (κ3) is 5.02. The maximum atomic E-state index is 5.51. The van der Waals surface area contributed by atoms with Crippen LogP contribution in [0.25, 0.3) is 81.8 Å². The number of quaternary nitrogens is 1. The van der Waals surface area contributed by atoms with Gasteiger partial charge in [0, 0.05) is 48.9 Å². The van der Waals surface area contributed by atoms with Gasteiger partial charge in [0.05, 0.1) is 27.7 Å². The van der Waals surface area contributed by atoms with Crippen molar-refractivity contribution in [2.75, 3.05) is 0 Å². The molecule has 0 bridgehead atoms. The average molecular weight is 776 g/mol. The number of fused-ring (bicyclic) bond motifs is 11.